The second-order valence-electron chi connectivity index (χ2n) is 10.1. The third-order valence-electron chi connectivity index (χ3n) is 7.10. The van der Waals surface area contributed by atoms with Crippen LogP contribution in [-0.4, -0.2) is 44.3 Å². The summed E-state index contributed by atoms with van der Waals surface area (Å²) in [5.74, 6) is -0.827. The Kier molecular flexibility index (Phi) is 12.3. The van der Waals surface area contributed by atoms with Crippen molar-refractivity contribution in [1.82, 2.24) is 10.2 Å². The second-order valence-corrected chi connectivity index (χ2v) is 12.8. The Balaban J connectivity index is 2.09. The lowest BCUT2D eigenvalue weighted by molar-refractivity contribution is -0.140. The molecule has 0 unspecified atom stereocenters. The van der Waals surface area contributed by atoms with E-state index in [4.69, 9.17) is 23.2 Å². The van der Waals surface area contributed by atoms with E-state index >= 15 is 0 Å². The predicted molar refractivity (Wildman–Crippen MR) is 171 cm³/mol. The molecular formula is C32H39Cl2N3O4S. The summed E-state index contributed by atoms with van der Waals surface area (Å²) >= 11 is 12.6. The van der Waals surface area contributed by atoms with Gasteiger partial charge in [-0.25, -0.2) is 8.42 Å². The van der Waals surface area contributed by atoms with E-state index in [9.17, 15) is 18.0 Å². The molecule has 42 heavy (non-hydrogen) atoms. The van der Waals surface area contributed by atoms with Gasteiger partial charge >= 0.3 is 0 Å². The largest absolute Gasteiger partial charge is 0.354 e. The third-order valence-corrected chi connectivity index (χ3v) is 9.46. The number of carbonyl (C=O) groups excluding carboxylic acids is 2. The van der Waals surface area contributed by atoms with E-state index in [2.05, 4.69) is 5.32 Å². The monoisotopic (exact) mass is 631 g/mol. The lowest BCUT2D eigenvalue weighted by atomic mass is 10.1. The van der Waals surface area contributed by atoms with Gasteiger partial charge in [0.2, 0.25) is 11.8 Å². The zero-order valence-corrected chi connectivity index (χ0v) is 26.9. The smallest absolute Gasteiger partial charge is 0.264 e. The molecule has 0 aromatic heterocycles. The number of hydrogen-bond donors (Lipinski definition) is 1. The van der Waals surface area contributed by atoms with Gasteiger partial charge in [-0.1, -0.05) is 92.4 Å². The molecule has 226 valence electrons. The molecule has 7 nitrogen and oxygen atoms in total. The molecule has 0 saturated heterocycles. The van der Waals surface area contributed by atoms with Gasteiger partial charge in [-0.3, -0.25) is 13.9 Å². The summed E-state index contributed by atoms with van der Waals surface area (Å²) in [6, 6.07) is 17.8. The number of halogens is 2. The normalized spacial score (nSPS) is 12.0. The van der Waals surface area contributed by atoms with Gasteiger partial charge in [0.25, 0.3) is 10.0 Å². The van der Waals surface area contributed by atoms with Crippen molar-refractivity contribution in [3.63, 3.8) is 0 Å². The highest BCUT2D eigenvalue weighted by atomic mass is 35.5. The van der Waals surface area contributed by atoms with Gasteiger partial charge in [0.05, 0.1) is 10.6 Å². The molecule has 3 rings (SSSR count). The SMILES string of the molecule is CCCCNC(=O)[C@H](CC)N(Cc1ccc(Cl)cc1Cl)C(=O)CN(c1ccccc1CC)S(=O)(=O)c1ccc(C)cc1. The molecule has 0 spiro atoms. The number of amides is 2. The van der Waals surface area contributed by atoms with Crippen LogP contribution in [0.15, 0.2) is 71.6 Å². The molecule has 0 fully saturated rings. The molecule has 0 bridgehead atoms. The Hall–Kier alpha value is -3.07. The maximum atomic E-state index is 14.2. The van der Waals surface area contributed by atoms with E-state index in [1.165, 1.54) is 17.0 Å². The highest BCUT2D eigenvalue weighted by Crippen LogP contribution is 2.29. The Morgan fingerprint density at radius 3 is 2.24 bits per heavy atom. The minimum absolute atomic E-state index is 0.00236. The van der Waals surface area contributed by atoms with Crippen LogP contribution in [-0.2, 0) is 32.6 Å². The molecule has 10 heteroatoms. The van der Waals surface area contributed by atoms with Crippen molar-refractivity contribution < 1.29 is 18.0 Å². The van der Waals surface area contributed by atoms with Gasteiger partial charge in [0.15, 0.2) is 0 Å². The summed E-state index contributed by atoms with van der Waals surface area (Å²) in [6.45, 7) is 7.63. The van der Waals surface area contributed by atoms with Gasteiger partial charge < -0.3 is 10.2 Å². The number of para-hydroxylation sites is 1. The van der Waals surface area contributed by atoms with Gasteiger partial charge in [0.1, 0.15) is 12.6 Å². The Morgan fingerprint density at radius 1 is 0.929 bits per heavy atom. The number of nitrogens with zero attached hydrogens (tertiary/aromatic N) is 2. The number of unbranched alkanes of at least 4 members (excludes halogenated alkanes) is 1. The van der Waals surface area contributed by atoms with Gasteiger partial charge in [-0.2, -0.15) is 0 Å². The first-order chi connectivity index (χ1) is 20.0. The Labute approximate surface area is 259 Å². The molecule has 3 aromatic rings. The lowest BCUT2D eigenvalue weighted by Crippen LogP contribution is -2.52. The first-order valence-corrected chi connectivity index (χ1v) is 16.4. The van der Waals surface area contributed by atoms with E-state index < -0.39 is 28.5 Å². The molecule has 0 aliphatic rings. The zero-order valence-electron chi connectivity index (χ0n) is 24.6. The van der Waals surface area contributed by atoms with E-state index in [-0.39, 0.29) is 17.3 Å². The first-order valence-electron chi connectivity index (χ1n) is 14.2. The average molecular weight is 633 g/mol. The number of aryl methyl sites for hydroxylation is 2. The third kappa shape index (κ3) is 8.27. The second kappa shape index (κ2) is 15.4. The minimum Gasteiger partial charge on any atom is -0.354 e. The average Bonchev–Trinajstić information content (AvgIpc) is 2.97. The minimum atomic E-state index is -4.15. The number of anilines is 1. The van der Waals surface area contributed by atoms with Gasteiger partial charge in [0, 0.05) is 23.1 Å². The highest BCUT2D eigenvalue weighted by Gasteiger charge is 2.34. The van der Waals surface area contributed by atoms with E-state index in [0.717, 1.165) is 28.3 Å². The summed E-state index contributed by atoms with van der Waals surface area (Å²) in [5, 5.41) is 3.72. The van der Waals surface area contributed by atoms with Crippen LogP contribution in [0, 0.1) is 6.92 Å². The molecule has 0 aliphatic heterocycles. The predicted octanol–water partition coefficient (Wildman–Crippen LogP) is 6.78. The van der Waals surface area contributed by atoms with Crippen molar-refractivity contribution in [3.05, 3.63) is 93.5 Å². The fraction of sp³-hybridized carbons (Fsp3) is 0.375. The molecule has 0 saturated carbocycles. The maximum Gasteiger partial charge on any atom is 0.264 e. The molecule has 0 radical (unpaired) electrons. The Bertz CT molecular complexity index is 1480. The van der Waals surface area contributed by atoms with Crippen LogP contribution in [0.1, 0.15) is 56.7 Å². The maximum absolute atomic E-state index is 14.2. The molecule has 1 N–H and O–H groups in total. The number of nitrogens with one attached hydrogen (secondary N) is 1. The van der Waals surface area contributed by atoms with Crippen molar-refractivity contribution in [2.45, 2.75) is 70.9 Å². The number of sulfonamides is 1. The standard InChI is InChI=1S/C32H39Cl2N3O4S/c1-5-8-19-35-32(39)29(7-3)36(21-25-15-16-26(33)20-28(25)34)31(38)22-37(30-12-10-9-11-24(30)6-2)42(40,41)27-17-13-23(4)14-18-27/h9-18,20,29H,5-8,19,21-22H2,1-4H3,(H,35,39)/t29-/m0/s1. The van der Waals surface area contributed by atoms with Crippen molar-refractivity contribution in [3.8, 4) is 0 Å². The summed E-state index contributed by atoms with van der Waals surface area (Å²) in [5.41, 5.74) is 2.70. The van der Waals surface area contributed by atoms with Gasteiger partial charge in [-0.15, -0.1) is 0 Å². The molecular weight excluding hydrogens is 593 g/mol. The van der Waals surface area contributed by atoms with Crippen molar-refractivity contribution in [2.24, 2.45) is 0 Å². The molecule has 2 amide bonds. The zero-order chi connectivity index (χ0) is 30.9. The van der Waals surface area contributed by atoms with Crippen molar-refractivity contribution >= 4 is 50.7 Å². The van der Waals surface area contributed by atoms with Crippen molar-refractivity contribution in [2.75, 3.05) is 17.4 Å². The van der Waals surface area contributed by atoms with Crippen LogP contribution >= 0.6 is 23.2 Å². The van der Waals surface area contributed by atoms with E-state index in [0.29, 0.717) is 40.7 Å². The molecule has 0 heterocycles. The Morgan fingerprint density at radius 2 is 1.62 bits per heavy atom. The summed E-state index contributed by atoms with van der Waals surface area (Å²) in [6.07, 6.45) is 2.59. The summed E-state index contributed by atoms with van der Waals surface area (Å²) in [4.78, 5) is 29.1. The summed E-state index contributed by atoms with van der Waals surface area (Å²) in [7, 11) is -4.15. The fourth-order valence-electron chi connectivity index (χ4n) is 4.66. The van der Waals surface area contributed by atoms with Gasteiger partial charge in [-0.05, 0) is 67.6 Å². The number of hydrogen-bond acceptors (Lipinski definition) is 4. The fourth-order valence-corrected chi connectivity index (χ4v) is 6.58. The number of rotatable bonds is 14. The quantitative estimate of drug-likeness (QED) is 0.199. The summed E-state index contributed by atoms with van der Waals surface area (Å²) < 4.78 is 29.4. The van der Waals surface area contributed by atoms with E-state index in [1.54, 1.807) is 42.5 Å². The highest BCUT2D eigenvalue weighted by molar-refractivity contribution is 7.92. The number of carbonyl (C=O) groups is 2. The van der Waals surface area contributed by atoms with E-state index in [1.807, 2.05) is 39.8 Å². The first kappa shape index (κ1) is 33.4. The number of benzene rings is 3. The van der Waals surface area contributed by atoms with Crippen LogP contribution in [0.25, 0.3) is 0 Å². The molecule has 0 aliphatic carbocycles. The van der Waals surface area contributed by atoms with Crippen LogP contribution < -0.4 is 9.62 Å². The molecule has 1 atom stereocenters. The lowest BCUT2D eigenvalue weighted by Gasteiger charge is -2.34. The molecule has 3 aromatic carbocycles. The van der Waals surface area contributed by atoms with Crippen LogP contribution in [0.3, 0.4) is 0 Å². The van der Waals surface area contributed by atoms with Crippen LogP contribution in [0.2, 0.25) is 10.0 Å². The van der Waals surface area contributed by atoms with Crippen LogP contribution in [0.4, 0.5) is 5.69 Å². The van der Waals surface area contributed by atoms with Crippen LogP contribution in [0.5, 0.6) is 0 Å². The topological polar surface area (TPSA) is 86.8 Å². The van der Waals surface area contributed by atoms with Crippen molar-refractivity contribution in [1.29, 1.82) is 0 Å².